The highest BCUT2D eigenvalue weighted by molar-refractivity contribution is 6.26. The molecule has 242 valence electrons. The van der Waals surface area contributed by atoms with Crippen molar-refractivity contribution in [2.75, 3.05) is 0 Å². The molecule has 0 aliphatic carbocycles. The second-order valence-corrected chi connectivity index (χ2v) is 13.0. The Balaban J connectivity index is 1.29. The molecule has 3 aromatic heterocycles. The van der Waals surface area contributed by atoms with Crippen molar-refractivity contribution in [2.24, 2.45) is 0 Å². The standard InChI is InChI=1S/C47H29N5/c48-30-31-26-34(41-29-40(32-14-4-1-5-15-32)49-47(50-41)33-16-6-2-7-17-33)28-36(27-31)52-42-22-12-10-20-37(42)38-24-25-44-45(46(38)52)39-21-11-13-23-43(39)51(44)35-18-8-3-9-19-35/h1-29H. The van der Waals surface area contributed by atoms with Crippen LogP contribution in [0.5, 0.6) is 0 Å². The third-order valence-corrected chi connectivity index (χ3v) is 9.91. The zero-order chi connectivity index (χ0) is 34.6. The fourth-order valence-electron chi connectivity index (χ4n) is 7.65. The van der Waals surface area contributed by atoms with Crippen LogP contribution in [0.4, 0.5) is 0 Å². The van der Waals surface area contributed by atoms with Crippen molar-refractivity contribution in [3.63, 3.8) is 0 Å². The highest BCUT2D eigenvalue weighted by Crippen LogP contribution is 2.42. The van der Waals surface area contributed by atoms with E-state index in [-0.39, 0.29) is 0 Å². The Kier molecular flexibility index (Phi) is 6.80. The van der Waals surface area contributed by atoms with Gasteiger partial charge in [0.1, 0.15) is 0 Å². The van der Waals surface area contributed by atoms with Gasteiger partial charge in [0, 0.05) is 49.6 Å². The predicted molar refractivity (Wildman–Crippen MR) is 212 cm³/mol. The van der Waals surface area contributed by atoms with Gasteiger partial charge in [-0.15, -0.1) is 0 Å². The van der Waals surface area contributed by atoms with Gasteiger partial charge in [-0.3, -0.25) is 0 Å². The van der Waals surface area contributed by atoms with E-state index in [2.05, 4.69) is 124 Å². The average molecular weight is 664 g/mol. The molecule has 0 spiro atoms. The van der Waals surface area contributed by atoms with Crippen LogP contribution in [-0.2, 0) is 0 Å². The number of hydrogen-bond donors (Lipinski definition) is 0. The van der Waals surface area contributed by atoms with E-state index in [1.54, 1.807) is 0 Å². The third kappa shape index (κ3) is 4.70. The van der Waals surface area contributed by atoms with Crippen molar-refractivity contribution in [1.29, 1.82) is 5.26 Å². The molecule has 0 aliphatic rings. The molecular weight excluding hydrogens is 635 g/mol. The van der Waals surface area contributed by atoms with Gasteiger partial charge < -0.3 is 9.13 Å². The molecule has 0 radical (unpaired) electrons. The Bertz CT molecular complexity index is 2950. The molecular formula is C47H29N5. The van der Waals surface area contributed by atoms with Gasteiger partial charge in [0.25, 0.3) is 0 Å². The summed E-state index contributed by atoms with van der Waals surface area (Å²) in [5.74, 6) is 0.633. The molecule has 10 rings (SSSR count). The first-order valence-corrected chi connectivity index (χ1v) is 17.3. The van der Waals surface area contributed by atoms with Crippen LogP contribution in [0.2, 0.25) is 0 Å². The van der Waals surface area contributed by atoms with Gasteiger partial charge in [-0.05, 0) is 54.6 Å². The maximum atomic E-state index is 10.5. The maximum absolute atomic E-state index is 10.5. The fraction of sp³-hybridized carbons (Fsp3) is 0. The van der Waals surface area contributed by atoms with Crippen LogP contribution in [-0.4, -0.2) is 19.1 Å². The quantitative estimate of drug-likeness (QED) is 0.184. The molecule has 10 aromatic rings. The van der Waals surface area contributed by atoms with Crippen LogP contribution in [0.1, 0.15) is 5.56 Å². The van der Waals surface area contributed by atoms with Crippen molar-refractivity contribution in [2.45, 2.75) is 0 Å². The molecule has 0 unspecified atom stereocenters. The molecule has 0 N–H and O–H groups in total. The minimum atomic E-state index is 0.554. The average Bonchev–Trinajstić information content (AvgIpc) is 3.74. The van der Waals surface area contributed by atoms with Crippen molar-refractivity contribution >= 4 is 43.6 Å². The van der Waals surface area contributed by atoms with Crippen LogP contribution < -0.4 is 0 Å². The molecule has 0 saturated carbocycles. The summed E-state index contributed by atoms with van der Waals surface area (Å²) >= 11 is 0. The van der Waals surface area contributed by atoms with E-state index in [9.17, 15) is 5.26 Å². The topological polar surface area (TPSA) is 59.4 Å². The van der Waals surface area contributed by atoms with Crippen molar-refractivity contribution in [3.05, 3.63) is 181 Å². The Morgan fingerprint density at radius 3 is 1.73 bits per heavy atom. The van der Waals surface area contributed by atoms with Gasteiger partial charge in [-0.1, -0.05) is 121 Å². The van der Waals surface area contributed by atoms with E-state index >= 15 is 0 Å². The van der Waals surface area contributed by atoms with Gasteiger partial charge >= 0.3 is 0 Å². The van der Waals surface area contributed by atoms with Crippen LogP contribution in [0.25, 0.3) is 88.9 Å². The molecule has 0 saturated heterocycles. The highest BCUT2D eigenvalue weighted by Gasteiger charge is 2.21. The van der Waals surface area contributed by atoms with E-state index in [1.807, 2.05) is 66.7 Å². The minimum Gasteiger partial charge on any atom is -0.309 e. The van der Waals surface area contributed by atoms with Gasteiger partial charge in [-0.2, -0.15) is 5.26 Å². The van der Waals surface area contributed by atoms with Gasteiger partial charge in [0.15, 0.2) is 5.82 Å². The van der Waals surface area contributed by atoms with Crippen LogP contribution >= 0.6 is 0 Å². The number of nitrogens with zero attached hydrogens (tertiary/aromatic N) is 5. The number of aromatic nitrogens is 4. The molecule has 0 aliphatic heterocycles. The summed E-state index contributed by atoms with van der Waals surface area (Å²) in [5, 5.41) is 15.1. The van der Waals surface area contributed by atoms with E-state index in [0.29, 0.717) is 11.4 Å². The largest absolute Gasteiger partial charge is 0.309 e. The SMILES string of the molecule is N#Cc1cc(-c2cc(-c3ccccc3)nc(-c3ccccc3)n2)cc(-n2c3ccccc3c3ccc4c(c5ccccc5n4-c4ccccc4)c32)c1. The number of rotatable bonds is 5. The molecule has 0 fully saturated rings. The summed E-state index contributed by atoms with van der Waals surface area (Å²) in [5.41, 5.74) is 11.3. The Hall–Kier alpha value is -7.29. The van der Waals surface area contributed by atoms with Crippen LogP contribution in [0.15, 0.2) is 176 Å². The fourth-order valence-corrected chi connectivity index (χ4v) is 7.65. The number of fused-ring (bicyclic) bond motifs is 7. The number of para-hydroxylation sites is 3. The normalized spacial score (nSPS) is 11.4. The molecule has 0 atom stereocenters. The van der Waals surface area contributed by atoms with E-state index < -0.39 is 0 Å². The van der Waals surface area contributed by atoms with E-state index in [0.717, 1.165) is 77.7 Å². The summed E-state index contributed by atoms with van der Waals surface area (Å²) in [6.07, 6.45) is 0. The molecule has 0 bridgehead atoms. The summed E-state index contributed by atoms with van der Waals surface area (Å²) < 4.78 is 4.68. The number of benzene rings is 7. The highest BCUT2D eigenvalue weighted by atomic mass is 15.0. The van der Waals surface area contributed by atoms with Crippen molar-refractivity contribution < 1.29 is 0 Å². The number of hydrogen-bond acceptors (Lipinski definition) is 3. The maximum Gasteiger partial charge on any atom is 0.160 e. The third-order valence-electron chi connectivity index (χ3n) is 9.91. The molecule has 5 heteroatoms. The summed E-state index contributed by atoms with van der Waals surface area (Å²) in [4.78, 5) is 10.1. The Labute approximate surface area is 299 Å². The van der Waals surface area contributed by atoms with E-state index in [1.165, 1.54) is 5.39 Å². The van der Waals surface area contributed by atoms with Crippen LogP contribution in [0.3, 0.4) is 0 Å². The molecule has 5 nitrogen and oxygen atoms in total. The van der Waals surface area contributed by atoms with Gasteiger partial charge in [0.05, 0.1) is 45.1 Å². The first kappa shape index (κ1) is 29.6. The lowest BCUT2D eigenvalue weighted by Crippen LogP contribution is -1.99. The number of nitriles is 1. The van der Waals surface area contributed by atoms with Crippen LogP contribution in [0, 0.1) is 11.3 Å². The molecule has 7 aromatic carbocycles. The zero-order valence-electron chi connectivity index (χ0n) is 28.0. The summed E-state index contributed by atoms with van der Waals surface area (Å²) in [6, 6.07) is 63.0. The minimum absolute atomic E-state index is 0.554. The summed E-state index contributed by atoms with van der Waals surface area (Å²) in [7, 11) is 0. The molecule has 0 amide bonds. The lowest BCUT2D eigenvalue weighted by molar-refractivity contribution is 1.16. The van der Waals surface area contributed by atoms with Gasteiger partial charge in [-0.25, -0.2) is 9.97 Å². The summed E-state index contributed by atoms with van der Waals surface area (Å²) in [6.45, 7) is 0. The lowest BCUT2D eigenvalue weighted by Gasteiger charge is -2.14. The predicted octanol–water partition coefficient (Wildman–Crippen LogP) is 11.5. The Morgan fingerprint density at radius 2 is 1.02 bits per heavy atom. The zero-order valence-corrected chi connectivity index (χ0v) is 28.0. The molecule has 3 heterocycles. The first-order valence-electron chi connectivity index (χ1n) is 17.3. The first-order chi connectivity index (χ1) is 25.7. The van der Waals surface area contributed by atoms with Crippen molar-refractivity contribution in [1.82, 2.24) is 19.1 Å². The van der Waals surface area contributed by atoms with Gasteiger partial charge in [0.2, 0.25) is 0 Å². The van der Waals surface area contributed by atoms with E-state index in [4.69, 9.17) is 9.97 Å². The van der Waals surface area contributed by atoms with Crippen molar-refractivity contribution in [3.8, 4) is 51.3 Å². The second kappa shape index (κ2) is 11.9. The molecule has 52 heavy (non-hydrogen) atoms. The monoisotopic (exact) mass is 663 g/mol. The lowest BCUT2D eigenvalue weighted by atomic mass is 10.0. The smallest absolute Gasteiger partial charge is 0.160 e. The second-order valence-electron chi connectivity index (χ2n) is 13.0. The Morgan fingerprint density at radius 1 is 0.423 bits per heavy atom.